The van der Waals surface area contributed by atoms with Crippen LogP contribution in [0.2, 0.25) is 0 Å². The van der Waals surface area contributed by atoms with Crippen molar-refractivity contribution >= 4 is 10.0 Å². The van der Waals surface area contributed by atoms with Gasteiger partial charge in [-0.3, -0.25) is 0 Å². The number of hydrogen-bond donors (Lipinski definition) is 1. The van der Waals surface area contributed by atoms with Crippen molar-refractivity contribution in [1.29, 1.82) is 0 Å². The van der Waals surface area contributed by atoms with Crippen molar-refractivity contribution in [2.75, 3.05) is 32.8 Å². The van der Waals surface area contributed by atoms with Crippen molar-refractivity contribution in [3.8, 4) is 0 Å². The van der Waals surface area contributed by atoms with Gasteiger partial charge in [0.25, 0.3) is 0 Å². The molecule has 0 radical (unpaired) electrons. The van der Waals surface area contributed by atoms with E-state index in [0.29, 0.717) is 44.8 Å². The van der Waals surface area contributed by atoms with Crippen LogP contribution in [-0.2, 0) is 14.8 Å². The summed E-state index contributed by atoms with van der Waals surface area (Å²) < 4.78 is 68.8. The molecular formula is C27H50F3N3O3S. The lowest BCUT2D eigenvalue weighted by Crippen LogP contribution is -2.54. The van der Waals surface area contributed by atoms with Gasteiger partial charge in [0.05, 0.1) is 6.26 Å². The molecule has 0 aliphatic carbocycles. The van der Waals surface area contributed by atoms with Crippen LogP contribution in [0, 0.1) is 0 Å². The van der Waals surface area contributed by atoms with Gasteiger partial charge in [0, 0.05) is 32.2 Å². The molecule has 1 rings (SSSR count). The highest BCUT2D eigenvalue weighted by molar-refractivity contribution is 7.90. The molecule has 6 nitrogen and oxygen atoms in total. The Morgan fingerprint density at radius 2 is 1.81 bits per heavy atom. The standard InChI is InChI=1S/C25H41F3N2O3S.C2H6.H3N/c1-6-12-23(14-11-20-33-21-25(26,27)28)13-10-17-30(9-4)34(31,32)24(8-3)15-18-29(19-16-24)22(5)7-2;1-2;/h6,8,11-12,14,20,22H,3,7,9-10,13,15-19,21H2,1-2,4-5H3;1-2H3;1H3/b12-6-,20-11+,23-14+;;. The molecule has 218 valence electrons. The highest BCUT2D eigenvalue weighted by Crippen LogP contribution is 2.35. The molecule has 1 heterocycles. The van der Waals surface area contributed by atoms with Crippen molar-refractivity contribution in [2.45, 2.75) is 90.6 Å². The summed E-state index contributed by atoms with van der Waals surface area (Å²) in [5.41, 5.74) is 0.878. The summed E-state index contributed by atoms with van der Waals surface area (Å²) in [4.78, 5) is 2.34. The molecule has 0 aromatic rings. The summed E-state index contributed by atoms with van der Waals surface area (Å²) in [6, 6.07) is 0.428. The van der Waals surface area contributed by atoms with Crippen LogP contribution in [0.3, 0.4) is 0 Å². The summed E-state index contributed by atoms with van der Waals surface area (Å²) in [6.07, 6.45) is 8.33. The first-order valence-corrected chi connectivity index (χ1v) is 14.4. The first-order chi connectivity index (χ1) is 17.0. The minimum absolute atomic E-state index is 0. The van der Waals surface area contributed by atoms with E-state index in [9.17, 15) is 21.6 Å². The van der Waals surface area contributed by atoms with Crippen molar-refractivity contribution in [3.05, 3.63) is 48.8 Å². The molecule has 1 aliphatic rings. The Morgan fingerprint density at radius 1 is 1.22 bits per heavy atom. The normalized spacial score (nSPS) is 17.8. The minimum atomic E-state index is -4.37. The maximum Gasteiger partial charge on any atom is 0.422 e. The molecule has 1 atom stereocenters. The molecule has 0 aromatic heterocycles. The number of rotatable bonds is 14. The van der Waals surface area contributed by atoms with Crippen LogP contribution >= 0.6 is 0 Å². The van der Waals surface area contributed by atoms with Gasteiger partial charge in [0.1, 0.15) is 4.75 Å². The lowest BCUT2D eigenvalue weighted by Gasteiger charge is -2.43. The Kier molecular flexibility index (Phi) is 18.9. The molecule has 3 N–H and O–H groups in total. The van der Waals surface area contributed by atoms with Gasteiger partial charge in [-0.15, -0.1) is 6.58 Å². The monoisotopic (exact) mass is 553 g/mol. The van der Waals surface area contributed by atoms with Gasteiger partial charge in [-0.25, -0.2) is 12.7 Å². The van der Waals surface area contributed by atoms with Crippen LogP contribution in [-0.4, -0.2) is 67.4 Å². The Balaban J connectivity index is 0. The van der Waals surface area contributed by atoms with Gasteiger partial charge in [0.2, 0.25) is 10.0 Å². The van der Waals surface area contributed by atoms with Crippen LogP contribution in [0.5, 0.6) is 0 Å². The SMILES string of the molecule is C=CC1(S(=O)(=O)N(CC)CCCC(/C=C\C)=C/C=C/OCC(F)(F)F)CCN(C(C)CC)CC1.CC.N. The molecule has 0 saturated carbocycles. The molecule has 0 bridgehead atoms. The quantitative estimate of drug-likeness (QED) is 0.142. The third-order valence-electron chi connectivity index (χ3n) is 6.42. The Hall–Kier alpha value is -1.62. The fourth-order valence-electron chi connectivity index (χ4n) is 4.13. The lowest BCUT2D eigenvalue weighted by atomic mass is 9.94. The average Bonchev–Trinajstić information content (AvgIpc) is 2.86. The number of sulfonamides is 1. The van der Waals surface area contributed by atoms with E-state index in [4.69, 9.17) is 0 Å². The smallest absolute Gasteiger partial charge is 0.422 e. The number of piperidine rings is 1. The Labute approximate surface area is 223 Å². The number of nitrogens with zero attached hydrogens (tertiary/aromatic N) is 2. The summed E-state index contributed by atoms with van der Waals surface area (Å²) in [5.74, 6) is 0. The maximum atomic E-state index is 13.6. The summed E-state index contributed by atoms with van der Waals surface area (Å²) in [5, 5.41) is 0. The van der Waals surface area contributed by atoms with Gasteiger partial charge in [-0.1, -0.05) is 52.0 Å². The predicted molar refractivity (Wildman–Crippen MR) is 149 cm³/mol. The molecular weight excluding hydrogens is 503 g/mol. The second-order valence-corrected chi connectivity index (χ2v) is 10.9. The van der Waals surface area contributed by atoms with E-state index in [2.05, 4.69) is 30.1 Å². The first kappa shape index (κ1) is 37.5. The van der Waals surface area contributed by atoms with Gasteiger partial charge >= 0.3 is 6.18 Å². The highest BCUT2D eigenvalue weighted by Gasteiger charge is 2.46. The second kappa shape index (κ2) is 18.6. The molecule has 0 spiro atoms. The zero-order valence-electron chi connectivity index (χ0n) is 23.7. The van der Waals surface area contributed by atoms with Crippen molar-refractivity contribution in [2.24, 2.45) is 0 Å². The van der Waals surface area contributed by atoms with Gasteiger partial charge in [-0.05, 0) is 57.6 Å². The molecule has 37 heavy (non-hydrogen) atoms. The van der Waals surface area contributed by atoms with Crippen LogP contribution < -0.4 is 6.15 Å². The number of allylic oxidation sites excluding steroid dienone is 5. The molecule has 1 unspecified atom stereocenters. The zero-order chi connectivity index (χ0) is 27.8. The Morgan fingerprint density at radius 3 is 2.27 bits per heavy atom. The number of ether oxygens (including phenoxy) is 1. The number of alkyl halides is 3. The fourth-order valence-corrected chi connectivity index (χ4v) is 6.26. The number of hydrogen-bond acceptors (Lipinski definition) is 5. The van der Waals surface area contributed by atoms with Crippen LogP contribution in [0.25, 0.3) is 0 Å². The van der Waals surface area contributed by atoms with E-state index in [0.717, 1.165) is 31.3 Å². The highest BCUT2D eigenvalue weighted by atomic mass is 32.2. The van der Waals surface area contributed by atoms with E-state index in [-0.39, 0.29) is 6.15 Å². The molecule has 1 aliphatic heterocycles. The van der Waals surface area contributed by atoms with Gasteiger partial charge in [0.15, 0.2) is 6.61 Å². The van der Waals surface area contributed by atoms with E-state index < -0.39 is 27.6 Å². The fraction of sp³-hybridized carbons (Fsp3) is 0.704. The summed E-state index contributed by atoms with van der Waals surface area (Å²) in [7, 11) is -3.58. The van der Waals surface area contributed by atoms with Crippen LogP contribution in [0.1, 0.15) is 73.6 Å². The zero-order valence-corrected chi connectivity index (χ0v) is 24.5. The molecule has 0 amide bonds. The molecule has 0 aromatic carbocycles. The maximum absolute atomic E-state index is 13.6. The third kappa shape index (κ3) is 12.2. The van der Waals surface area contributed by atoms with E-state index in [1.54, 1.807) is 16.5 Å². The first-order valence-electron chi connectivity index (χ1n) is 13.0. The molecule has 1 fully saturated rings. The number of halogens is 3. The minimum Gasteiger partial charge on any atom is -0.492 e. The average molecular weight is 554 g/mol. The van der Waals surface area contributed by atoms with Crippen LogP contribution in [0.15, 0.2) is 48.8 Å². The Bertz CT molecular complexity index is 816. The van der Waals surface area contributed by atoms with Gasteiger partial charge < -0.3 is 15.8 Å². The number of likely N-dealkylation sites (tertiary alicyclic amines) is 1. The van der Waals surface area contributed by atoms with Gasteiger partial charge in [-0.2, -0.15) is 13.2 Å². The van der Waals surface area contributed by atoms with Crippen molar-refractivity contribution < 1.29 is 26.3 Å². The van der Waals surface area contributed by atoms with Crippen molar-refractivity contribution in [1.82, 2.24) is 15.4 Å². The van der Waals surface area contributed by atoms with Crippen LogP contribution in [0.4, 0.5) is 13.2 Å². The molecule has 1 saturated heterocycles. The third-order valence-corrected chi connectivity index (χ3v) is 9.15. The van der Waals surface area contributed by atoms with E-state index >= 15 is 0 Å². The second-order valence-electron chi connectivity index (χ2n) is 8.66. The van der Waals surface area contributed by atoms with Crippen molar-refractivity contribution in [3.63, 3.8) is 0 Å². The largest absolute Gasteiger partial charge is 0.492 e. The molecule has 10 heteroatoms. The topological polar surface area (TPSA) is 84.8 Å². The summed E-state index contributed by atoms with van der Waals surface area (Å²) >= 11 is 0. The summed E-state index contributed by atoms with van der Waals surface area (Å²) in [6.45, 7) is 16.8. The lowest BCUT2D eigenvalue weighted by molar-refractivity contribution is -0.161. The predicted octanol–water partition coefficient (Wildman–Crippen LogP) is 7.02. The van der Waals surface area contributed by atoms with E-state index in [1.165, 1.54) is 6.08 Å². The van der Waals surface area contributed by atoms with E-state index in [1.807, 2.05) is 39.8 Å².